The van der Waals surface area contributed by atoms with Crippen molar-refractivity contribution in [1.82, 2.24) is 0 Å². The average Bonchev–Trinajstić information content (AvgIpc) is 2.31. The van der Waals surface area contributed by atoms with Gasteiger partial charge in [-0.25, -0.2) is 0 Å². The number of hydrogen-bond acceptors (Lipinski definition) is 2. The van der Waals surface area contributed by atoms with Gasteiger partial charge in [0.2, 0.25) is 0 Å². The monoisotopic (exact) mass is 203 g/mol. The van der Waals surface area contributed by atoms with Crippen molar-refractivity contribution in [3.8, 4) is 0 Å². The Labute approximate surface area is 83.7 Å². The second-order valence-electron chi connectivity index (χ2n) is 4.58. The van der Waals surface area contributed by atoms with Gasteiger partial charge in [-0.2, -0.15) is 0 Å². The van der Waals surface area contributed by atoms with Crippen molar-refractivity contribution in [3.05, 3.63) is 0 Å². The molecule has 0 aromatic rings. The minimum atomic E-state index is -0.656. The number of nitrogens with two attached hydrogens (primary N) is 1. The third-order valence-electron chi connectivity index (χ3n) is 2.88. The van der Waals surface area contributed by atoms with Gasteiger partial charge in [-0.3, -0.25) is 4.21 Å². The molecule has 0 aliphatic heterocycles. The van der Waals surface area contributed by atoms with E-state index in [1.165, 1.54) is 0 Å². The smallest absolute Gasteiger partial charge is 0.0389 e. The fourth-order valence-corrected chi connectivity index (χ4v) is 3.97. The number of rotatable bonds is 3. The highest BCUT2D eigenvalue weighted by Crippen LogP contribution is 2.29. The van der Waals surface area contributed by atoms with Gasteiger partial charge in [0.05, 0.1) is 0 Å². The molecule has 0 bridgehead atoms. The maximum atomic E-state index is 11.9. The van der Waals surface area contributed by atoms with E-state index in [2.05, 4.69) is 20.8 Å². The van der Waals surface area contributed by atoms with E-state index in [1.54, 1.807) is 0 Å². The molecule has 2 nitrogen and oxygen atoms in total. The highest BCUT2D eigenvalue weighted by Gasteiger charge is 2.34. The Balaban J connectivity index is 2.48. The molecule has 78 valence electrons. The summed E-state index contributed by atoms with van der Waals surface area (Å²) in [4.78, 5) is 0. The van der Waals surface area contributed by atoms with E-state index in [9.17, 15) is 4.21 Å². The van der Waals surface area contributed by atoms with Crippen LogP contribution in [-0.4, -0.2) is 21.3 Å². The van der Waals surface area contributed by atoms with Gasteiger partial charge < -0.3 is 5.73 Å². The molecule has 0 saturated heterocycles. The van der Waals surface area contributed by atoms with Crippen LogP contribution in [0.2, 0.25) is 0 Å². The van der Waals surface area contributed by atoms with E-state index < -0.39 is 10.8 Å². The first-order chi connectivity index (χ1) is 6.02. The molecule has 1 aliphatic rings. The minimum Gasteiger partial charge on any atom is -0.327 e. The summed E-state index contributed by atoms with van der Waals surface area (Å²) in [6.45, 7) is 6.38. The van der Waals surface area contributed by atoms with Gasteiger partial charge in [-0.05, 0) is 24.7 Å². The van der Waals surface area contributed by atoms with Crippen molar-refractivity contribution in [2.45, 2.75) is 44.9 Å². The SMILES string of the molecule is CC(C)CS(=O)C1CCC(N)C1C. The first-order valence-corrected chi connectivity index (χ1v) is 6.53. The Morgan fingerprint density at radius 1 is 1.46 bits per heavy atom. The van der Waals surface area contributed by atoms with E-state index >= 15 is 0 Å². The van der Waals surface area contributed by atoms with Crippen LogP contribution in [0.25, 0.3) is 0 Å². The zero-order chi connectivity index (χ0) is 10.0. The molecule has 1 rings (SSSR count). The molecule has 2 N–H and O–H groups in total. The molecule has 0 aromatic heterocycles. The maximum Gasteiger partial charge on any atom is 0.0389 e. The second kappa shape index (κ2) is 4.56. The molecule has 0 spiro atoms. The molecule has 1 fully saturated rings. The zero-order valence-electron chi connectivity index (χ0n) is 8.82. The Hall–Kier alpha value is 0.110. The van der Waals surface area contributed by atoms with Crippen LogP contribution in [0.15, 0.2) is 0 Å². The fourth-order valence-electron chi connectivity index (χ4n) is 1.98. The van der Waals surface area contributed by atoms with E-state index in [-0.39, 0.29) is 6.04 Å². The van der Waals surface area contributed by atoms with Crippen LogP contribution in [0.1, 0.15) is 33.6 Å². The molecule has 13 heavy (non-hydrogen) atoms. The largest absolute Gasteiger partial charge is 0.327 e. The van der Waals surface area contributed by atoms with E-state index in [4.69, 9.17) is 5.73 Å². The maximum absolute atomic E-state index is 11.9. The third-order valence-corrected chi connectivity index (χ3v) is 5.22. The summed E-state index contributed by atoms with van der Waals surface area (Å²) < 4.78 is 11.9. The topological polar surface area (TPSA) is 43.1 Å². The van der Waals surface area contributed by atoms with Gasteiger partial charge >= 0.3 is 0 Å². The molecule has 1 aliphatic carbocycles. The quantitative estimate of drug-likeness (QED) is 0.755. The van der Waals surface area contributed by atoms with Gasteiger partial charge in [-0.1, -0.05) is 20.8 Å². The predicted molar refractivity (Wildman–Crippen MR) is 58.0 cm³/mol. The fraction of sp³-hybridized carbons (Fsp3) is 1.00. The summed E-state index contributed by atoms with van der Waals surface area (Å²) >= 11 is 0. The van der Waals surface area contributed by atoms with Crippen LogP contribution in [0.4, 0.5) is 0 Å². The summed E-state index contributed by atoms with van der Waals surface area (Å²) in [5.41, 5.74) is 5.90. The molecule has 1 saturated carbocycles. The van der Waals surface area contributed by atoms with Crippen molar-refractivity contribution < 1.29 is 4.21 Å². The Morgan fingerprint density at radius 2 is 2.08 bits per heavy atom. The van der Waals surface area contributed by atoms with Crippen LogP contribution in [0, 0.1) is 11.8 Å². The summed E-state index contributed by atoms with van der Waals surface area (Å²) in [6.07, 6.45) is 2.11. The van der Waals surface area contributed by atoms with Gasteiger partial charge in [0.1, 0.15) is 0 Å². The zero-order valence-corrected chi connectivity index (χ0v) is 9.64. The summed E-state index contributed by atoms with van der Waals surface area (Å²) in [5.74, 6) is 1.81. The second-order valence-corrected chi connectivity index (χ2v) is 6.28. The van der Waals surface area contributed by atoms with Crippen molar-refractivity contribution >= 4 is 10.8 Å². The van der Waals surface area contributed by atoms with Crippen LogP contribution >= 0.6 is 0 Å². The lowest BCUT2D eigenvalue weighted by Gasteiger charge is -2.18. The van der Waals surface area contributed by atoms with Crippen molar-refractivity contribution in [2.75, 3.05) is 5.75 Å². The van der Waals surface area contributed by atoms with Crippen LogP contribution in [0.5, 0.6) is 0 Å². The lowest BCUT2D eigenvalue weighted by Crippen LogP contribution is -2.31. The Morgan fingerprint density at radius 3 is 2.46 bits per heavy atom. The highest BCUT2D eigenvalue weighted by atomic mass is 32.2. The van der Waals surface area contributed by atoms with Crippen molar-refractivity contribution in [1.29, 1.82) is 0 Å². The average molecular weight is 203 g/mol. The lowest BCUT2D eigenvalue weighted by molar-refractivity contribution is 0.525. The molecule has 0 aromatic carbocycles. The molecule has 0 heterocycles. The molecule has 4 unspecified atom stereocenters. The van der Waals surface area contributed by atoms with Crippen molar-refractivity contribution in [3.63, 3.8) is 0 Å². The third kappa shape index (κ3) is 2.78. The summed E-state index contributed by atoms with van der Waals surface area (Å²) in [5, 5.41) is 0.359. The first-order valence-electron chi connectivity index (χ1n) is 5.15. The van der Waals surface area contributed by atoms with Gasteiger partial charge in [0.25, 0.3) is 0 Å². The normalized spacial score (nSPS) is 36.8. The number of hydrogen-bond donors (Lipinski definition) is 1. The van der Waals surface area contributed by atoms with E-state index in [0.29, 0.717) is 17.1 Å². The molecule has 3 heteroatoms. The van der Waals surface area contributed by atoms with Gasteiger partial charge in [-0.15, -0.1) is 0 Å². The Kier molecular flexibility index (Phi) is 3.92. The van der Waals surface area contributed by atoms with Crippen LogP contribution < -0.4 is 5.73 Å². The Bertz CT molecular complexity index is 193. The molecule has 0 radical (unpaired) electrons. The standard InChI is InChI=1S/C10H21NOS/c1-7(2)6-13(12)10-5-4-9(11)8(10)3/h7-10H,4-6,11H2,1-3H3. The lowest BCUT2D eigenvalue weighted by atomic mass is 10.1. The van der Waals surface area contributed by atoms with Crippen LogP contribution in [0.3, 0.4) is 0 Å². The van der Waals surface area contributed by atoms with Crippen molar-refractivity contribution in [2.24, 2.45) is 17.6 Å². The summed E-state index contributed by atoms with van der Waals surface area (Å²) in [7, 11) is -0.656. The first kappa shape index (κ1) is 11.2. The molecule has 4 atom stereocenters. The predicted octanol–water partition coefficient (Wildman–Crippen LogP) is 1.52. The van der Waals surface area contributed by atoms with Gasteiger partial charge in [0.15, 0.2) is 0 Å². The molecule has 0 amide bonds. The van der Waals surface area contributed by atoms with Crippen LogP contribution in [-0.2, 0) is 10.8 Å². The van der Waals surface area contributed by atoms with Gasteiger partial charge in [0, 0.05) is 27.8 Å². The summed E-state index contributed by atoms with van der Waals surface area (Å²) in [6, 6.07) is 0.279. The highest BCUT2D eigenvalue weighted by molar-refractivity contribution is 7.85. The van der Waals surface area contributed by atoms with E-state index in [0.717, 1.165) is 18.6 Å². The minimum absolute atomic E-state index is 0.279. The van der Waals surface area contributed by atoms with E-state index in [1.807, 2.05) is 0 Å². The molecular weight excluding hydrogens is 182 g/mol. The molecular formula is C10H21NOS.